The molecule has 2 amide bonds. The number of carbonyl (C=O) groups is 2. The zero-order chi connectivity index (χ0) is 22.6. The second-order valence-electron chi connectivity index (χ2n) is 8.01. The first kappa shape index (κ1) is 20.8. The Hall–Kier alpha value is -3.07. The number of hydrogen-bond donors (Lipinski definition) is 0. The fourth-order valence-corrected chi connectivity index (χ4v) is 4.26. The van der Waals surface area contributed by atoms with Gasteiger partial charge in [0.05, 0.1) is 10.5 Å². The molecule has 6 nitrogen and oxygen atoms in total. The van der Waals surface area contributed by atoms with E-state index in [1.54, 1.807) is 23.1 Å². The molecule has 3 heterocycles. The Morgan fingerprint density at radius 2 is 1.81 bits per heavy atom. The van der Waals surface area contributed by atoms with E-state index in [0.717, 1.165) is 24.6 Å². The Balaban J connectivity index is 1.47. The van der Waals surface area contributed by atoms with Gasteiger partial charge in [0.2, 0.25) is 5.91 Å². The van der Waals surface area contributed by atoms with E-state index in [1.165, 1.54) is 4.90 Å². The second-order valence-corrected chi connectivity index (χ2v) is 8.39. The van der Waals surface area contributed by atoms with E-state index in [4.69, 9.17) is 11.6 Å². The minimum atomic E-state index is -4.66. The maximum Gasteiger partial charge on any atom is 0.433 e. The van der Waals surface area contributed by atoms with Gasteiger partial charge in [-0.2, -0.15) is 18.3 Å². The van der Waals surface area contributed by atoms with Crippen LogP contribution in [0.1, 0.15) is 40.5 Å². The van der Waals surface area contributed by atoms with Crippen LogP contribution in [-0.2, 0) is 11.0 Å². The number of pyridine rings is 1. The normalized spacial score (nSPS) is 17.3. The molecule has 0 bridgehead atoms. The van der Waals surface area contributed by atoms with Gasteiger partial charge in [0.15, 0.2) is 5.69 Å². The predicted octanol–water partition coefficient (Wildman–Crippen LogP) is 4.37. The van der Waals surface area contributed by atoms with E-state index < -0.39 is 17.8 Å². The summed E-state index contributed by atoms with van der Waals surface area (Å²) in [5.41, 5.74) is 0.0463. The zero-order valence-corrected chi connectivity index (χ0v) is 17.5. The van der Waals surface area contributed by atoms with Crippen LogP contribution < -0.4 is 4.90 Å². The number of benzene rings is 1. The third-order valence-electron chi connectivity index (χ3n) is 5.81. The predicted molar refractivity (Wildman–Crippen MR) is 112 cm³/mol. The molecule has 0 spiro atoms. The van der Waals surface area contributed by atoms with Crippen LogP contribution in [0, 0.1) is 0 Å². The lowest BCUT2D eigenvalue weighted by Crippen LogP contribution is -2.52. The molecule has 0 radical (unpaired) electrons. The molecular formula is C22H18ClF3N4O2. The van der Waals surface area contributed by atoms with Crippen LogP contribution in [0.5, 0.6) is 0 Å². The molecule has 1 aromatic carbocycles. The molecule has 1 saturated carbocycles. The monoisotopic (exact) mass is 462 g/mol. The number of carbonyl (C=O) groups excluding carboxylic acids is 2. The minimum Gasteiger partial charge on any atom is -0.326 e. The standard InChI is InChI=1S/C22H18ClF3N4O2/c23-19-16-10-14(13-6-7-13)11-17(22(24,25)26)30(16)27-20(19)21(32)28-8-9-29(18(31)12-28)15-4-2-1-3-5-15/h1-5,10-11,13H,6-9,12H2. The number of piperazine rings is 1. The van der Waals surface area contributed by atoms with Gasteiger partial charge in [0.25, 0.3) is 5.91 Å². The molecule has 1 aliphatic heterocycles. The Bertz CT molecular complexity index is 1220. The van der Waals surface area contributed by atoms with Crippen LogP contribution in [0.15, 0.2) is 42.5 Å². The van der Waals surface area contributed by atoms with Gasteiger partial charge < -0.3 is 9.80 Å². The van der Waals surface area contributed by atoms with Gasteiger partial charge in [-0.3, -0.25) is 9.59 Å². The van der Waals surface area contributed by atoms with Gasteiger partial charge in [0, 0.05) is 18.8 Å². The first-order valence-corrected chi connectivity index (χ1v) is 10.6. The fraction of sp³-hybridized carbons (Fsp3) is 0.318. The van der Waals surface area contributed by atoms with Crippen LogP contribution >= 0.6 is 11.6 Å². The average molecular weight is 463 g/mol. The molecule has 1 aliphatic carbocycles. The van der Waals surface area contributed by atoms with Gasteiger partial charge in [-0.1, -0.05) is 29.8 Å². The lowest BCUT2D eigenvalue weighted by atomic mass is 10.1. The van der Waals surface area contributed by atoms with Crippen LogP contribution in [0.25, 0.3) is 5.52 Å². The van der Waals surface area contributed by atoms with Gasteiger partial charge in [-0.05, 0) is 48.6 Å². The highest BCUT2D eigenvalue weighted by atomic mass is 35.5. The maximum absolute atomic E-state index is 13.7. The topological polar surface area (TPSA) is 57.9 Å². The average Bonchev–Trinajstić information content (AvgIpc) is 3.56. The van der Waals surface area contributed by atoms with Gasteiger partial charge >= 0.3 is 6.18 Å². The van der Waals surface area contributed by atoms with Crippen molar-refractivity contribution in [3.8, 4) is 0 Å². The number of para-hydroxylation sites is 1. The lowest BCUT2D eigenvalue weighted by Gasteiger charge is -2.34. The van der Waals surface area contributed by atoms with E-state index in [0.29, 0.717) is 10.1 Å². The first-order valence-electron chi connectivity index (χ1n) is 10.2. The molecule has 166 valence electrons. The van der Waals surface area contributed by atoms with Crippen LogP contribution in [-0.4, -0.2) is 46.0 Å². The van der Waals surface area contributed by atoms with Crippen molar-refractivity contribution >= 4 is 34.6 Å². The first-order chi connectivity index (χ1) is 15.2. The SMILES string of the molecule is O=C(c1nn2c(C(F)(F)F)cc(C3CC3)cc2c1Cl)N1CCN(c2ccccc2)C(=O)C1. The second kappa shape index (κ2) is 7.51. The molecule has 0 N–H and O–H groups in total. The molecule has 2 fully saturated rings. The van der Waals surface area contributed by atoms with Crippen molar-refractivity contribution in [3.05, 3.63) is 64.4 Å². The fourth-order valence-electron chi connectivity index (χ4n) is 4.01. The highest BCUT2D eigenvalue weighted by Gasteiger charge is 2.38. The summed E-state index contributed by atoms with van der Waals surface area (Å²) >= 11 is 6.36. The number of alkyl halides is 3. The van der Waals surface area contributed by atoms with Crippen LogP contribution in [0.3, 0.4) is 0 Å². The summed E-state index contributed by atoms with van der Waals surface area (Å²) < 4.78 is 41.7. The number of halogens is 4. The van der Waals surface area contributed by atoms with Crippen molar-refractivity contribution < 1.29 is 22.8 Å². The summed E-state index contributed by atoms with van der Waals surface area (Å²) in [6.07, 6.45) is -3.02. The largest absolute Gasteiger partial charge is 0.433 e. The van der Waals surface area contributed by atoms with Crippen LogP contribution in [0.4, 0.5) is 18.9 Å². The molecule has 32 heavy (non-hydrogen) atoms. The van der Waals surface area contributed by atoms with E-state index in [9.17, 15) is 22.8 Å². The summed E-state index contributed by atoms with van der Waals surface area (Å²) in [5.74, 6) is -0.890. The van der Waals surface area contributed by atoms with Crippen molar-refractivity contribution in [3.63, 3.8) is 0 Å². The van der Waals surface area contributed by atoms with Crippen molar-refractivity contribution in [2.45, 2.75) is 24.9 Å². The molecule has 0 atom stereocenters. The Kier molecular flexibility index (Phi) is 4.88. The molecule has 1 saturated heterocycles. The molecule has 10 heteroatoms. The molecule has 0 unspecified atom stereocenters. The van der Waals surface area contributed by atoms with E-state index in [2.05, 4.69) is 5.10 Å². The maximum atomic E-state index is 13.7. The highest BCUT2D eigenvalue weighted by molar-refractivity contribution is 6.36. The quantitative estimate of drug-likeness (QED) is 0.580. The number of anilines is 1. The third kappa shape index (κ3) is 3.60. The minimum absolute atomic E-state index is 0.0426. The summed E-state index contributed by atoms with van der Waals surface area (Å²) in [4.78, 5) is 28.6. The van der Waals surface area contributed by atoms with Gasteiger partial charge in [0.1, 0.15) is 12.2 Å². The molecule has 2 aliphatic rings. The molecule has 3 aromatic rings. The number of nitrogens with zero attached hydrogens (tertiary/aromatic N) is 4. The highest BCUT2D eigenvalue weighted by Crippen LogP contribution is 2.43. The lowest BCUT2D eigenvalue weighted by molar-refractivity contribution is -0.142. The van der Waals surface area contributed by atoms with Gasteiger partial charge in [-0.15, -0.1) is 0 Å². The summed E-state index contributed by atoms with van der Waals surface area (Å²) in [6, 6.07) is 11.7. The number of fused-ring (bicyclic) bond motifs is 1. The van der Waals surface area contributed by atoms with Gasteiger partial charge in [-0.25, -0.2) is 4.52 Å². The van der Waals surface area contributed by atoms with E-state index in [-0.39, 0.29) is 47.7 Å². The Morgan fingerprint density at radius 1 is 1.09 bits per heavy atom. The van der Waals surface area contributed by atoms with Crippen molar-refractivity contribution in [2.24, 2.45) is 0 Å². The zero-order valence-electron chi connectivity index (χ0n) is 16.8. The van der Waals surface area contributed by atoms with Crippen molar-refractivity contribution in [2.75, 3.05) is 24.5 Å². The number of hydrogen-bond acceptors (Lipinski definition) is 3. The molecule has 2 aromatic heterocycles. The number of amides is 2. The molecule has 5 rings (SSSR count). The summed E-state index contributed by atoms with van der Waals surface area (Å²) in [7, 11) is 0. The van der Waals surface area contributed by atoms with Crippen molar-refractivity contribution in [1.29, 1.82) is 0 Å². The van der Waals surface area contributed by atoms with E-state index >= 15 is 0 Å². The molecular weight excluding hydrogens is 445 g/mol. The Morgan fingerprint density at radius 3 is 2.44 bits per heavy atom. The van der Waals surface area contributed by atoms with E-state index in [1.807, 2.05) is 18.2 Å². The Labute approximate surface area is 186 Å². The summed E-state index contributed by atoms with van der Waals surface area (Å²) in [6.45, 7) is 0.264. The van der Waals surface area contributed by atoms with Crippen molar-refractivity contribution in [1.82, 2.24) is 14.5 Å². The van der Waals surface area contributed by atoms with Crippen LogP contribution in [0.2, 0.25) is 5.02 Å². The number of aromatic nitrogens is 2. The number of rotatable bonds is 3. The smallest absolute Gasteiger partial charge is 0.326 e. The summed E-state index contributed by atoms with van der Waals surface area (Å²) in [5, 5.41) is 3.79. The third-order valence-corrected chi connectivity index (χ3v) is 6.19.